The van der Waals surface area contributed by atoms with Gasteiger partial charge < -0.3 is 11.1 Å². The van der Waals surface area contributed by atoms with Gasteiger partial charge in [-0.3, -0.25) is 4.79 Å². The Labute approximate surface area is 113 Å². The third kappa shape index (κ3) is 3.53. The van der Waals surface area contributed by atoms with E-state index in [4.69, 9.17) is 5.73 Å². The highest BCUT2D eigenvalue weighted by molar-refractivity contribution is 5.80. The first-order chi connectivity index (χ1) is 8.99. The maximum atomic E-state index is 12.8. The molecule has 0 aliphatic heterocycles. The lowest BCUT2D eigenvalue weighted by Gasteiger charge is -2.37. The molecule has 0 bridgehead atoms. The van der Waals surface area contributed by atoms with Crippen LogP contribution in [-0.2, 0) is 11.3 Å². The van der Waals surface area contributed by atoms with E-state index in [0.29, 0.717) is 6.54 Å². The minimum Gasteiger partial charge on any atom is -0.352 e. The molecule has 19 heavy (non-hydrogen) atoms. The fourth-order valence-corrected chi connectivity index (χ4v) is 2.70. The summed E-state index contributed by atoms with van der Waals surface area (Å²) in [6.45, 7) is 2.37. The molecular formula is C15H21FN2O. The maximum Gasteiger partial charge on any atom is 0.225 e. The van der Waals surface area contributed by atoms with Crippen molar-refractivity contribution in [1.82, 2.24) is 5.32 Å². The van der Waals surface area contributed by atoms with Gasteiger partial charge in [-0.05, 0) is 37.5 Å². The summed E-state index contributed by atoms with van der Waals surface area (Å²) in [6, 6.07) is 6.15. The van der Waals surface area contributed by atoms with Gasteiger partial charge >= 0.3 is 0 Å². The summed E-state index contributed by atoms with van der Waals surface area (Å²) in [7, 11) is 0. The zero-order valence-electron chi connectivity index (χ0n) is 11.3. The molecule has 0 heterocycles. The number of hydrogen-bond acceptors (Lipinski definition) is 2. The minimum absolute atomic E-state index is 0.00836. The Kier molecular flexibility index (Phi) is 4.20. The second kappa shape index (κ2) is 5.70. The molecule has 2 rings (SSSR count). The highest BCUT2D eigenvalue weighted by Crippen LogP contribution is 2.31. The molecule has 1 aliphatic carbocycles. The molecule has 3 N–H and O–H groups in total. The van der Waals surface area contributed by atoms with E-state index >= 15 is 0 Å². The SMILES string of the molecule is CC1(N)CCCCC1C(=O)NCc1ccc(F)cc1. The summed E-state index contributed by atoms with van der Waals surface area (Å²) in [5.41, 5.74) is 6.68. The molecule has 0 aromatic heterocycles. The fraction of sp³-hybridized carbons (Fsp3) is 0.533. The van der Waals surface area contributed by atoms with Crippen LogP contribution in [-0.4, -0.2) is 11.4 Å². The molecule has 1 amide bonds. The van der Waals surface area contributed by atoms with Crippen LogP contribution in [0.25, 0.3) is 0 Å². The summed E-state index contributed by atoms with van der Waals surface area (Å²) < 4.78 is 12.8. The van der Waals surface area contributed by atoms with E-state index in [1.54, 1.807) is 12.1 Å². The van der Waals surface area contributed by atoms with Gasteiger partial charge in [-0.2, -0.15) is 0 Å². The predicted molar refractivity (Wildman–Crippen MR) is 72.8 cm³/mol. The van der Waals surface area contributed by atoms with Crippen LogP contribution in [0.15, 0.2) is 24.3 Å². The van der Waals surface area contributed by atoms with Crippen molar-refractivity contribution in [2.24, 2.45) is 11.7 Å². The smallest absolute Gasteiger partial charge is 0.225 e. The summed E-state index contributed by atoms with van der Waals surface area (Å²) in [6.07, 6.45) is 3.89. The lowest BCUT2D eigenvalue weighted by atomic mass is 9.74. The average Bonchev–Trinajstić information content (AvgIpc) is 2.37. The highest BCUT2D eigenvalue weighted by Gasteiger charge is 2.37. The van der Waals surface area contributed by atoms with Gasteiger partial charge in [0.15, 0.2) is 0 Å². The maximum absolute atomic E-state index is 12.8. The quantitative estimate of drug-likeness (QED) is 0.880. The molecule has 0 saturated heterocycles. The van der Waals surface area contributed by atoms with E-state index in [1.165, 1.54) is 12.1 Å². The largest absolute Gasteiger partial charge is 0.352 e. The average molecular weight is 264 g/mol. The first kappa shape index (κ1) is 14.0. The van der Waals surface area contributed by atoms with Crippen LogP contribution in [0.1, 0.15) is 38.2 Å². The molecule has 0 radical (unpaired) electrons. The van der Waals surface area contributed by atoms with Gasteiger partial charge in [0.2, 0.25) is 5.91 Å². The molecule has 4 heteroatoms. The minimum atomic E-state index is -0.412. The lowest BCUT2D eigenvalue weighted by molar-refractivity contribution is -0.128. The van der Waals surface area contributed by atoms with E-state index in [9.17, 15) is 9.18 Å². The Morgan fingerprint density at radius 1 is 1.42 bits per heavy atom. The Hall–Kier alpha value is -1.42. The van der Waals surface area contributed by atoms with Gasteiger partial charge in [-0.1, -0.05) is 25.0 Å². The van der Waals surface area contributed by atoms with Crippen LogP contribution in [0.4, 0.5) is 4.39 Å². The van der Waals surface area contributed by atoms with Crippen molar-refractivity contribution in [3.05, 3.63) is 35.6 Å². The molecule has 104 valence electrons. The van der Waals surface area contributed by atoms with Crippen molar-refractivity contribution >= 4 is 5.91 Å². The highest BCUT2D eigenvalue weighted by atomic mass is 19.1. The van der Waals surface area contributed by atoms with Gasteiger partial charge in [0.05, 0.1) is 5.92 Å². The van der Waals surface area contributed by atoms with Gasteiger partial charge in [0.1, 0.15) is 5.82 Å². The second-order valence-electron chi connectivity index (χ2n) is 5.65. The summed E-state index contributed by atoms with van der Waals surface area (Å²) >= 11 is 0. The van der Waals surface area contributed by atoms with Gasteiger partial charge in [0.25, 0.3) is 0 Å². The molecule has 1 saturated carbocycles. The molecule has 1 aliphatic rings. The van der Waals surface area contributed by atoms with E-state index in [-0.39, 0.29) is 17.6 Å². The third-order valence-electron chi connectivity index (χ3n) is 3.95. The Morgan fingerprint density at radius 3 is 2.74 bits per heavy atom. The van der Waals surface area contributed by atoms with Crippen LogP contribution < -0.4 is 11.1 Å². The number of nitrogens with two attached hydrogens (primary N) is 1. The predicted octanol–water partition coefficient (Wildman–Crippen LogP) is 2.35. The van der Waals surface area contributed by atoms with Crippen molar-refractivity contribution in [1.29, 1.82) is 0 Å². The zero-order valence-corrected chi connectivity index (χ0v) is 11.3. The van der Waals surface area contributed by atoms with Crippen molar-refractivity contribution in [3.8, 4) is 0 Å². The first-order valence-corrected chi connectivity index (χ1v) is 6.80. The molecule has 1 aromatic carbocycles. The number of rotatable bonds is 3. The van der Waals surface area contributed by atoms with E-state index in [2.05, 4.69) is 5.32 Å². The number of nitrogens with one attached hydrogen (secondary N) is 1. The van der Waals surface area contributed by atoms with Crippen LogP contribution in [0.5, 0.6) is 0 Å². The molecule has 1 aromatic rings. The number of benzene rings is 1. The topological polar surface area (TPSA) is 55.1 Å². The summed E-state index contributed by atoms with van der Waals surface area (Å²) in [4.78, 5) is 12.2. The normalized spacial score (nSPS) is 27.0. The van der Waals surface area contributed by atoms with E-state index in [1.807, 2.05) is 6.92 Å². The van der Waals surface area contributed by atoms with Gasteiger partial charge in [0, 0.05) is 12.1 Å². The Balaban J connectivity index is 1.92. The van der Waals surface area contributed by atoms with Crippen LogP contribution >= 0.6 is 0 Å². The number of carbonyl (C=O) groups excluding carboxylic acids is 1. The fourth-order valence-electron chi connectivity index (χ4n) is 2.70. The van der Waals surface area contributed by atoms with E-state index in [0.717, 1.165) is 31.2 Å². The Morgan fingerprint density at radius 2 is 2.11 bits per heavy atom. The standard InChI is InChI=1S/C15H21FN2O/c1-15(17)9-3-2-4-13(15)14(19)18-10-11-5-7-12(16)8-6-11/h5-8,13H,2-4,9-10,17H2,1H3,(H,18,19). The van der Waals surface area contributed by atoms with Crippen molar-refractivity contribution in [2.45, 2.75) is 44.7 Å². The molecule has 3 nitrogen and oxygen atoms in total. The number of amides is 1. The van der Waals surface area contributed by atoms with Crippen molar-refractivity contribution in [2.75, 3.05) is 0 Å². The van der Waals surface area contributed by atoms with Crippen molar-refractivity contribution in [3.63, 3.8) is 0 Å². The number of hydrogen-bond donors (Lipinski definition) is 2. The van der Waals surface area contributed by atoms with E-state index < -0.39 is 5.54 Å². The summed E-state index contributed by atoms with van der Waals surface area (Å²) in [5, 5.41) is 2.90. The van der Waals surface area contributed by atoms with Crippen LogP contribution in [0.3, 0.4) is 0 Å². The van der Waals surface area contributed by atoms with Gasteiger partial charge in [-0.15, -0.1) is 0 Å². The van der Waals surface area contributed by atoms with Crippen molar-refractivity contribution < 1.29 is 9.18 Å². The zero-order chi connectivity index (χ0) is 13.9. The number of halogens is 1. The van der Waals surface area contributed by atoms with Crippen LogP contribution in [0, 0.1) is 11.7 Å². The molecular weight excluding hydrogens is 243 g/mol. The molecule has 1 fully saturated rings. The molecule has 2 atom stereocenters. The molecule has 2 unspecified atom stereocenters. The summed E-state index contributed by atoms with van der Waals surface area (Å²) in [5.74, 6) is -0.382. The second-order valence-corrected chi connectivity index (χ2v) is 5.65. The third-order valence-corrected chi connectivity index (χ3v) is 3.95. The van der Waals surface area contributed by atoms with Crippen LogP contribution in [0.2, 0.25) is 0 Å². The Bertz CT molecular complexity index is 442. The first-order valence-electron chi connectivity index (χ1n) is 6.80. The van der Waals surface area contributed by atoms with Gasteiger partial charge in [-0.25, -0.2) is 4.39 Å². The lowest BCUT2D eigenvalue weighted by Crippen LogP contribution is -2.52. The number of carbonyl (C=O) groups is 1. The molecule has 0 spiro atoms. The monoisotopic (exact) mass is 264 g/mol.